The smallest absolute Gasteiger partial charge is 0.264 e. The van der Waals surface area contributed by atoms with Gasteiger partial charge in [-0.05, 0) is 86.0 Å². The molecule has 0 aliphatic heterocycles. The van der Waals surface area contributed by atoms with E-state index in [0.717, 1.165) is 4.31 Å². The molecule has 0 saturated heterocycles. The molecule has 0 radical (unpaired) electrons. The van der Waals surface area contributed by atoms with Crippen LogP contribution in [0, 0.1) is 0 Å². The fraction of sp³-hybridized carbons (Fsp3) is 0.257. The van der Waals surface area contributed by atoms with Gasteiger partial charge in [0, 0.05) is 12.6 Å². The molecule has 0 bridgehead atoms. The Hall–Kier alpha value is -4.05. The van der Waals surface area contributed by atoms with Crippen molar-refractivity contribution in [3.8, 4) is 11.5 Å². The molecule has 46 heavy (non-hydrogen) atoms. The molecular weight excluding hydrogens is 645 g/mol. The van der Waals surface area contributed by atoms with Gasteiger partial charge in [-0.2, -0.15) is 0 Å². The molecule has 1 N–H and O–H groups in total. The molecule has 0 aromatic heterocycles. The van der Waals surface area contributed by atoms with Crippen LogP contribution in [-0.4, -0.2) is 43.8 Å². The summed E-state index contributed by atoms with van der Waals surface area (Å²) >= 11 is 12.4. The molecular formula is C35H37Cl2N3O5S. The molecule has 242 valence electrons. The summed E-state index contributed by atoms with van der Waals surface area (Å²) in [5.41, 5.74) is 0.890. The third-order valence-electron chi connectivity index (χ3n) is 7.44. The van der Waals surface area contributed by atoms with Gasteiger partial charge in [0.05, 0.1) is 20.6 Å². The van der Waals surface area contributed by atoms with Gasteiger partial charge in [0.15, 0.2) is 0 Å². The lowest BCUT2D eigenvalue weighted by Gasteiger charge is -2.33. The molecule has 4 aromatic rings. The molecule has 11 heteroatoms. The van der Waals surface area contributed by atoms with Gasteiger partial charge in [0.25, 0.3) is 10.0 Å². The number of nitrogens with zero attached hydrogens (tertiary/aromatic N) is 2. The normalized spacial score (nSPS) is 12.5. The number of para-hydroxylation sites is 1. The Kier molecular flexibility index (Phi) is 12.1. The van der Waals surface area contributed by atoms with Crippen LogP contribution in [-0.2, 0) is 26.2 Å². The fourth-order valence-corrected chi connectivity index (χ4v) is 6.50. The van der Waals surface area contributed by atoms with E-state index < -0.39 is 28.5 Å². The second-order valence-corrected chi connectivity index (χ2v) is 13.4. The first-order valence-corrected chi connectivity index (χ1v) is 17.2. The number of anilines is 1. The minimum atomic E-state index is -4.21. The first-order valence-electron chi connectivity index (χ1n) is 15.0. The summed E-state index contributed by atoms with van der Waals surface area (Å²) in [6.07, 6.45) is 1.00. The SMILES string of the molecule is CC[C@@H](C)NC(=O)[C@@H](CC)N(Cc1ccc(Cl)c(Cl)c1)C(=O)CN(c1ccc(Oc2ccccc2)cc1)S(=O)(=O)c1ccccc1. The van der Waals surface area contributed by atoms with Crippen LogP contribution >= 0.6 is 23.2 Å². The van der Waals surface area contributed by atoms with E-state index in [1.54, 1.807) is 67.6 Å². The van der Waals surface area contributed by atoms with Crippen LogP contribution in [0.3, 0.4) is 0 Å². The van der Waals surface area contributed by atoms with E-state index in [9.17, 15) is 18.0 Å². The second kappa shape index (κ2) is 16.0. The first-order chi connectivity index (χ1) is 22.0. The van der Waals surface area contributed by atoms with E-state index in [1.165, 1.54) is 17.0 Å². The fourth-order valence-electron chi connectivity index (χ4n) is 4.75. The summed E-state index contributed by atoms with van der Waals surface area (Å²) in [6.45, 7) is 5.08. The summed E-state index contributed by atoms with van der Waals surface area (Å²) in [5.74, 6) is 0.220. The number of sulfonamides is 1. The zero-order valence-corrected chi connectivity index (χ0v) is 28.2. The molecule has 2 atom stereocenters. The number of rotatable bonds is 14. The van der Waals surface area contributed by atoms with Gasteiger partial charge >= 0.3 is 0 Å². The van der Waals surface area contributed by atoms with Gasteiger partial charge in [0.2, 0.25) is 11.8 Å². The number of nitrogens with one attached hydrogen (secondary N) is 1. The second-order valence-electron chi connectivity index (χ2n) is 10.7. The van der Waals surface area contributed by atoms with E-state index in [0.29, 0.717) is 39.9 Å². The first kappa shape index (κ1) is 34.8. The molecule has 0 spiro atoms. The van der Waals surface area contributed by atoms with Crippen molar-refractivity contribution in [1.29, 1.82) is 0 Å². The number of carbonyl (C=O) groups excluding carboxylic acids is 2. The summed E-state index contributed by atoms with van der Waals surface area (Å²) in [4.78, 5) is 29.2. The number of halogens is 2. The largest absolute Gasteiger partial charge is 0.457 e. The predicted octanol–water partition coefficient (Wildman–Crippen LogP) is 7.70. The van der Waals surface area contributed by atoms with E-state index in [-0.39, 0.29) is 29.1 Å². The summed E-state index contributed by atoms with van der Waals surface area (Å²) in [5, 5.41) is 3.62. The zero-order valence-electron chi connectivity index (χ0n) is 25.9. The van der Waals surface area contributed by atoms with Crippen molar-refractivity contribution < 1.29 is 22.7 Å². The Morgan fingerprint density at radius 1 is 0.804 bits per heavy atom. The molecule has 2 amide bonds. The van der Waals surface area contributed by atoms with Crippen LogP contribution in [0.5, 0.6) is 11.5 Å². The molecule has 8 nitrogen and oxygen atoms in total. The monoisotopic (exact) mass is 681 g/mol. The average molecular weight is 683 g/mol. The maximum absolute atomic E-state index is 14.3. The lowest BCUT2D eigenvalue weighted by Crippen LogP contribution is -2.53. The van der Waals surface area contributed by atoms with Gasteiger partial charge in [0.1, 0.15) is 24.1 Å². The third kappa shape index (κ3) is 8.81. The average Bonchev–Trinajstić information content (AvgIpc) is 3.06. The van der Waals surface area contributed by atoms with E-state index >= 15 is 0 Å². The van der Waals surface area contributed by atoms with Crippen molar-refractivity contribution in [1.82, 2.24) is 10.2 Å². The predicted molar refractivity (Wildman–Crippen MR) is 183 cm³/mol. The van der Waals surface area contributed by atoms with Crippen LogP contribution in [0.15, 0.2) is 108 Å². The van der Waals surface area contributed by atoms with Crippen LogP contribution in [0.4, 0.5) is 5.69 Å². The van der Waals surface area contributed by atoms with Crippen molar-refractivity contribution in [2.75, 3.05) is 10.8 Å². The van der Waals surface area contributed by atoms with Crippen LogP contribution in [0.2, 0.25) is 10.0 Å². The molecule has 0 heterocycles. The number of ether oxygens (including phenoxy) is 1. The Labute approximate surface area is 280 Å². The lowest BCUT2D eigenvalue weighted by atomic mass is 10.1. The van der Waals surface area contributed by atoms with Gasteiger partial charge < -0.3 is 15.0 Å². The molecule has 0 fully saturated rings. The van der Waals surface area contributed by atoms with Crippen LogP contribution < -0.4 is 14.4 Å². The Morgan fingerprint density at radius 2 is 1.41 bits per heavy atom. The highest BCUT2D eigenvalue weighted by molar-refractivity contribution is 7.92. The standard InChI is InChI=1S/C35H37Cl2N3O5S/c1-4-25(3)38-35(42)33(5-2)39(23-26-16-21-31(36)32(37)22-26)34(41)24-40(46(43,44)30-14-10-7-11-15-30)27-17-19-29(20-18-27)45-28-12-8-6-9-13-28/h6-22,25,33H,4-5,23-24H2,1-3H3,(H,38,42)/t25-,33-/m1/s1. The summed E-state index contributed by atoms with van der Waals surface area (Å²) in [6, 6.07) is 27.5. The van der Waals surface area contributed by atoms with Crippen LogP contribution in [0.25, 0.3) is 0 Å². The van der Waals surface area contributed by atoms with Crippen molar-refractivity contribution in [3.05, 3.63) is 119 Å². The van der Waals surface area contributed by atoms with E-state index in [2.05, 4.69) is 5.32 Å². The van der Waals surface area contributed by atoms with Crippen molar-refractivity contribution in [3.63, 3.8) is 0 Å². The molecule has 0 aliphatic rings. The molecule has 0 aliphatic carbocycles. The molecule has 0 unspecified atom stereocenters. The number of benzene rings is 4. The third-order valence-corrected chi connectivity index (χ3v) is 9.96. The maximum Gasteiger partial charge on any atom is 0.264 e. The Bertz CT molecular complexity index is 1720. The van der Waals surface area contributed by atoms with E-state index in [4.69, 9.17) is 27.9 Å². The summed E-state index contributed by atoms with van der Waals surface area (Å²) < 4.78 is 35.1. The Balaban J connectivity index is 1.72. The Morgan fingerprint density at radius 3 is 2.00 bits per heavy atom. The van der Waals surface area contributed by atoms with Crippen LogP contribution in [0.1, 0.15) is 39.2 Å². The summed E-state index contributed by atoms with van der Waals surface area (Å²) in [7, 11) is -4.21. The van der Waals surface area contributed by atoms with Gasteiger partial charge in [-0.25, -0.2) is 8.42 Å². The number of hydrogen-bond donors (Lipinski definition) is 1. The van der Waals surface area contributed by atoms with E-state index in [1.807, 2.05) is 44.2 Å². The van der Waals surface area contributed by atoms with Crippen molar-refractivity contribution in [2.24, 2.45) is 0 Å². The van der Waals surface area contributed by atoms with Gasteiger partial charge in [-0.1, -0.05) is 79.5 Å². The van der Waals surface area contributed by atoms with Gasteiger partial charge in [-0.15, -0.1) is 0 Å². The number of carbonyl (C=O) groups is 2. The number of hydrogen-bond acceptors (Lipinski definition) is 5. The highest BCUT2D eigenvalue weighted by Gasteiger charge is 2.34. The topological polar surface area (TPSA) is 96.0 Å². The minimum absolute atomic E-state index is 0.00519. The highest BCUT2D eigenvalue weighted by atomic mass is 35.5. The maximum atomic E-state index is 14.3. The minimum Gasteiger partial charge on any atom is -0.457 e. The quantitative estimate of drug-likeness (QED) is 0.147. The number of amides is 2. The van der Waals surface area contributed by atoms with Crippen molar-refractivity contribution >= 4 is 50.7 Å². The lowest BCUT2D eigenvalue weighted by molar-refractivity contribution is -0.140. The van der Waals surface area contributed by atoms with Crippen molar-refractivity contribution in [2.45, 2.75) is 57.1 Å². The van der Waals surface area contributed by atoms with Gasteiger partial charge in [-0.3, -0.25) is 13.9 Å². The molecule has 4 rings (SSSR count). The zero-order chi connectivity index (χ0) is 33.3. The highest BCUT2D eigenvalue weighted by Crippen LogP contribution is 2.29. The molecule has 4 aromatic carbocycles. The molecule has 0 saturated carbocycles.